The number of alkyl halides is 1. The van der Waals surface area contributed by atoms with Gasteiger partial charge in [-0.3, -0.25) is 0 Å². The molecule has 0 spiro atoms. The van der Waals surface area contributed by atoms with Crippen LogP contribution in [-0.4, -0.2) is 30.1 Å². The van der Waals surface area contributed by atoms with Crippen LogP contribution in [0, 0.1) is 0 Å². The molecule has 0 aliphatic heterocycles. The summed E-state index contributed by atoms with van der Waals surface area (Å²) in [7, 11) is 0. The lowest BCUT2D eigenvalue weighted by atomic mass is 10.1. The summed E-state index contributed by atoms with van der Waals surface area (Å²) >= 11 is 5.48. The van der Waals surface area contributed by atoms with Crippen LogP contribution in [0.3, 0.4) is 0 Å². The van der Waals surface area contributed by atoms with Gasteiger partial charge in [0.2, 0.25) is 0 Å². The predicted molar refractivity (Wildman–Crippen MR) is 103 cm³/mol. The molecule has 0 unspecified atom stereocenters. The van der Waals surface area contributed by atoms with E-state index >= 15 is 0 Å². The van der Waals surface area contributed by atoms with Crippen molar-refractivity contribution < 1.29 is 14.3 Å². The lowest BCUT2D eigenvalue weighted by Crippen LogP contribution is -2.27. The van der Waals surface area contributed by atoms with Gasteiger partial charge in [0.25, 0.3) is 0 Å². The number of amides is 1. The Bertz CT molecular complexity index is 849. The number of hydrogen-bond acceptors (Lipinski definition) is 3. The summed E-state index contributed by atoms with van der Waals surface area (Å²) in [4.78, 5) is 14.7. The van der Waals surface area contributed by atoms with Crippen molar-refractivity contribution in [2.75, 3.05) is 19.0 Å². The fraction of sp³-hybridized carbons (Fsp3) is 0.250. The molecular formula is C20H21ClN2O3. The maximum Gasteiger partial charge on any atom is 0.407 e. The molecule has 0 atom stereocenters. The molecule has 0 saturated heterocycles. The molecule has 5 nitrogen and oxygen atoms in total. The predicted octanol–water partition coefficient (Wildman–Crippen LogP) is 4.25. The molecule has 136 valence electrons. The number of hydrogen-bond donors (Lipinski definition) is 2. The third kappa shape index (κ3) is 4.92. The van der Waals surface area contributed by atoms with Crippen LogP contribution in [-0.2, 0) is 17.8 Å². The van der Waals surface area contributed by atoms with Gasteiger partial charge in [-0.25, -0.2) is 4.79 Å². The first kappa shape index (κ1) is 18.1. The number of benzene rings is 2. The second kappa shape index (κ2) is 9.15. The number of H-pyrrole nitrogens is 1. The number of aromatic amines is 1. The second-order valence-corrected chi connectivity index (χ2v) is 6.18. The molecule has 1 heterocycles. The molecule has 1 amide bonds. The maximum atomic E-state index is 11.4. The summed E-state index contributed by atoms with van der Waals surface area (Å²) in [5.41, 5.74) is 3.27. The van der Waals surface area contributed by atoms with Crippen molar-refractivity contribution in [1.29, 1.82) is 0 Å². The van der Waals surface area contributed by atoms with Crippen LogP contribution in [0.5, 0.6) is 5.75 Å². The van der Waals surface area contributed by atoms with Gasteiger partial charge in [-0.15, -0.1) is 11.6 Å². The Kier molecular flexibility index (Phi) is 6.39. The van der Waals surface area contributed by atoms with E-state index in [1.54, 1.807) is 0 Å². The van der Waals surface area contributed by atoms with E-state index < -0.39 is 6.09 Å². The highest BCUT2D eigenvalue weighted by molar-refractivity contribution is 6.18. The van der Waals surface area contributed by atoms with Gasteiger partial charge in [-0.1, -0.05) is 30.3 Å². The molecule has 6 heteroatoms. The summed E-state index contributed by atoms with van der Waals surface area (Å²) in [5.74, 6) is 1.11. The Morgan fingerprint density at radius 1 is 1.15 bits per heavy atom. The van der Waals surface area contributed by atoms with Gasteiger partial charge in [0.15, 0.2) is 0 Å². The van der Waals surface area contributed by atoms with E-state index in [1.807, 2.05) is 54.7 Å². The minimum Gasteiger partial charge on any atom is -0.489 e. The average molecular weight is 373 g/mol. The monoisotopic (exact) mass is 372 g/mol. The van der Waals surface area contributed by atoms with Crippen molar-refractivity contribution in [2.24, 2.45) is 0 Å². The van der Waals surface area contributed by atoms with Crippen LogP contribution in [0.15, 0.2) is 54.7 Å². The average Bonchev–Trinajstić information content (AvgIpc) is 3.08. The summed E-state index contributed by atoms with van der Waals surface area (Å²) in [5, 5.41) is 3.83. The molecular weight excluding hydrogens is 352 g/mol. The maximum absolute atomic E-state index is 11.4. The Balaban J connectivity index is 1.56. The number of halogens is 1. The molecule has 0 bridgehead atoms. The first-order valence-electron chi connectivity index (χ1n) is 8.49. The van der Waals surface area contributed by atoms with Crippen LogP contribution in [0.2, 0.25) is 0 Å². The van der Waals surface area contributed by atoms with E-state index in [1.165, 1.54) is 0 Å². The van der Waals surface area contributed by atoms with Crippen molar-refractivity contribution in [3.05, 3.63) is 65.9 Å². The molecule has 3 rings (SSSR count). The van der Waals surface area contributed by atoms with Crippen molar-refractivity contribution in [1.82, 2.24) is 10.3 Å². The van der Waals surface area contributed by atoms with Gasteiger partial charge >= 0.3 is 6.09 Å². The standard InChI is InChI=1S/C20H21ClN2O3/c21-9-11-25-20(24)22-10-8-16-13-23-19-12-17(6-7-18(16)19)26-14-15-4-2-1-3-5-15/h1-7,12-13,23H,8-11,14H2,(H,22,24). The topological polar surface area (TPSA) is 63.4 Å². The number of aromatic nitrogens is 1. The zero-order chi connectivity index (χ0) is 18.2. The van der Waals surface area contributed by atoms with E-state index in [0.717, 1.165) is 27.8 Å². The van der Waals surface area contributed by atoms with Gasteiger partial charge in [-0.2, -0.15) is 0 Å². The molecule has 1 aromatic heterocycles. The fourth-order valence-corrected chi connectivity index (χ4v) is 2.76. The fourth-order valence-electron chi connectivity index (χ4n) is 2.68. The number of ether oxygens (including phenoxy) is 2. The van der Waals surface area contributed by atoms with E-state index in [-0.39, 0.29) is 6.61 Å². The number of carbonyl (C=O) groups excluding carboxylic acids is 1. The van der Waals surface area contributed by atoms with Crippen molar-refractivity contribution in [3.63, 3.8) is 0 Å². The van der Waals surface area contributed by atoms with Gasteiger partial charge in [-0.05, 0) is 29.7 Å². The van der Waals surface area contributed by atoms with Crippen LogP contribution < -0.4 is 10.1 Å². The summed E-state index contributed by atoms with van der Waals surface area (Å²) < 4.78 is 10.7. The summed E-state index contributed by atoms with van der Waals surface area (Å²) in [6.45, 7) is 1.25. The molecule has 2 aromatic carbocycles. The lowest BCUT2D eigenvalue weighted by Gasteiger charge is -2.07. The highest BCUT2D eigenvalue weighted by Gasteiger charge is 2.07. The van der Waals surface area contributed by atoms with Gasteiger partial charge < -0.3 is 19.8 Å². The number of rotatable bonds is 8. The van der Waals surface area contributed by atoms with E-state index in [0.29, 0.717) is 25.5 Å². The van der Waals surface area contributed by atoms with Crippen LogP contribution in [0.25, 0.3) is 10.9 Å². The molecule has 2 N–H and O–H groups in total. The zero-order valence-electron chi connectivity index (χ0n) is 14.3. The van der Waals surface area contributed by atoms with Crippen molar-refractivity contribution in [3.8, 4) is 5.75 Å². The molecule has 0 aliphatic rings. The molecule has 0 aliphatic carbocycles. The Labute approximate surface area is 157 Å². The number of nitrogens with one attached hydrogen (secondary N) is 2. The largest absolute Gasteiger partial charge is 0.489 e. The van der Waals surface area contributed by atoms with Gasteiger partial charge in [0.05, 0.1) is 5.88 Å². The first-order valence-corrected chi connectivity index (χ1v) is 9.03. The van der Waals surface area contributed by atoms with Crippen LogP contribution in [0.1, 0.15) is 11.1 Å². The van der Waals surface area contributed by atoms with Crippen LogP contribution >= 0.6 is 11.6 Å². The number of carbonyl (C=O) groups is 1. The SMILES string of the molecule is O=C(NCCc1c[nH]c2cc(OCc3ccccc3)ccc12)OCCCl. The first-order chi connectivity index (χ1) is 12.8. The summed E-state index contributed by atoms with van der Waals surface area (Å²) in [6.07, 6.45) is 2.22. The van der Waals surface area contributed by atoms with Gasteiger partial charge in [0, 0.05) is 29.7 Å². The third-order valence-corrected chi connectivity index (χ3v) is 4.12. The third-order valence-electron chi connectivity index (χ3n) is 3.96. The van der Waals surface area contributed by atoms with E-state index in [4.69, 9.17) is 21.1 Å². The van der Waals surface area contributed by atoms with Crippen molar-refractivity contribution in [2.45, 2.75) is 13.0 Å². The van der Waals surface area contributed by atoms with Crippen molar-refractivity contribution >= 4 is 28.6 Å². The highest BCUT2D eigenvalue weighted by atomic mass is 35.5. The quantitative estimate of drug-likeness (QED) is 0.581. The molecule has 3 aromatic rings. The molecule has 0 radical (unpaired) electrons. The molecule has 0 fully saturated rings. The smallest absolute Gasteiger partial charge is 0.407 e. The molecule has 26 heavy (non-hydrogen) atoms. The normalized spacial score (nSPS) is 10.7. The lowest BCUT2D eigenvalue weighted by molar-refractivity contribution is 0.153. The molecule has 0 saturated carbocycles. The minimum atomic E-state index is -0.443. The second-order valence-electron chi connectivity index (χ2n) is 5.80. The Morgan fingerprint density at radius 3 is 2.81 bits per heavy atom. The number of alkyl carbamates (subject to hydrolysis) is 1. The van der Waals surface area contributed by atoms with E-state index in [9.17, 15) is 4.79 Å². The number of fused-ring (bicyclic) bond motifs is 1. The van der Waals surface area contributed by atoms with Crippen LogP contribution in [0.4, 0.5) is 4.79 Å². The van der Waals surface area contributed by atoms with Gasteiger partial charge in [0.1, 0.15) is 19.0 Å². The Morgan fingerprint density at radius 2 is 2.00 bits per heavy atom. The Hall–Kier alpha value is -2.66. The van der Waals surface area contributed by atoms with E-state index in [2.05, 4.69) is 10.3 Å². The minimum absolute atomic E-state index is 0.215. The highest BCUT2D eigenvalue weighted by Crippen LogP contribution is 2.24. The zero-order valence-corrected chi connectivity index (χ0v) is 15.1. The summed E-state index contributed by atoms with van der Waals surface area (Å²) in [6, 6.07) is 16.1.